The van der Waals surface area contributed by atoms with E-state index >= 15 is 0 Å². The largest absolute Gasteiger partial charge is 0.300 e. The van der Waals surface area contributed by atoms with Crippen LogP contribution in [-0.2, 0) is 0 Å². The third kappa shape index (κ3) is 5.54. The SMILES string of the molecule is CC(C)(C#N)NCCCN=[N+]=[N-]. The van der Waals surface area contributed by atoms with Crippen molar-refractivity contribution in [1.82, 2.24) is 5.32 Å². The second-order valence-electron chi connectivity index (χ2n) is 2.97. The number of hydrogen-bond donors (Lipinski definition) is 1. The zero-order valence-electron chi connectivity index (χ0n) is 7.41. The van der Waals surface area contributed by atoms with Gasteiger partial charge < -0.3 is 0 Å². The first-order chi connectivity index (χ1) is 5.62. The lowest BCUT2D eigenvalue weighted by atomic mass is 10.1. The van der Waals surface area contributed by atoms with Crippen molar-refractivity contribution in [3.05, 3.63) is 10.4 Å². The quantitative estimate of drug-likeness (QED) is 0.292. The zero-order valence-corrected chi connectivity index (χ0v) is 7.41. The van der Waals surface area contributed by atoms with Gasteiger partial charge in [-0.05, 0) is 32.3 Å². The summed E-state index contributed by atoms with van der Waals surface area (Å²) in [6, 6.07) is 2.12. The molecule has 5 heteroatoms. The van der Waals surface area contributed by atoms with Crippen LogP contribution in [0.15, 0.2) is 5.11 Å². The first-order valence-corrected chi connectivity index (χ1v) is 3.79. The summed E-state index contributed by atoms with van der Waals surface area (Å²) in [5, 5.41) is 15.0. The number of hydrogen-bond acceptors (Lipinski definition) is 3. The predicted molar refractivity (Wildman–Crippen MR) is 46.3 cm³/mol. The van der Waals surface area contributed by atoms with Crippen molar-refractivity contribution < 1.29 is 0 Å². The Bertz CT molecular complexity index is 208. The minimum atomic E-state index is -0.490. The Morgan fingerprint density at radius 2 is 2.33 bits per heavy atom. The predicted octanol–water partition coefficient (Wildman–Crippen LogP) is 1.58. The highest BCUT2D eigenvalue weighted by molar-refractivity contribution is 4.99. The topological polar surface area (TPSA) is 84.6 Å². The van der Waals surface area contributed by atoms with Crippen LogP contribution in [0.5, 0.6) is 0 Å². The molecule has 0 aromatic carbocycles. The Balaban J connectivity index is 3.45. The molecule has 0 fully saturated rings. The molecule has 0 amide bonds. The van der Waals surface area contributed by atoms with Gasteiger partial charge >= 0.3 is 0 Å². The lowest BCUT2D eigenvalue weighted by Gasteiger charge is -2.16. The second kappa shape index (κ2) is 5.42. The van der Waals surface area contributed by atoms with Gasteiger partial charge in [0.1, 0.15) is 5.54 Å². The van der Waals surface area contributed by atoms with Crippen LogP contribution in [0.4, 0.5) is 0 Å². The van der Waals surface area contributed by atoms with E-state index in [2.05, 4.69) is 21.4 Å². The number of nitrogens with one attached hydrogen (secondary N) is 1. The van der Waals surface area contributed by atoms with Crippen LogP contribution >= 0.6 is 0 Å². The fourth-order valence-electron chi connectivity index (χ4n) is 0.635. The van der Waals surface area contributed by atoms with E-state index in [0.717, 1.165) is 6.42 Å². The van der Waals surface area contributed by atoms with Gasteiger partial charge in [0.05, 0.1) is 6.07 Å². The van der Waals surface area contributed by atoms with Crippen molar-refractivity contribution in [1.29, 1.82) is 5.26 Å². The van der Waals surface area contributed by atoms with Crippen molar-refractivity contribution in [2.45, 2.75) is 25.8 Å². The van der Waals surface area contributed by atoms with E-state index in [1.807, 2.05) is 0 Å². The first kappa shape index (κ1) is 10.8. The van der Waals surface area contributed by atoms with E-state index in [4.69, 9.17) is 10.8 Å². The lowest BCUT2D eigenvalue weighted by Crippen LogP contribution is -2.38. The van der Waals surface area contributed by atoms with E-state index in [1.165, 1.54) is 0 Å². The Morgan fingerprint density at radius 3 is 2.83 bits per heavy atom. The third-order valence-corrected chi connectivity index (χ3v) is 1.34. The molecule has 12 heavy (non-hydrogen) atoms. The van der Waals surface area contributed by atoms with Crippen LogP contribution in [0.25, 0.3) is 10.4 Å². The molecule has 0 aliphatic heterocycles. The molecule has 0 saturated carbocycles. The summed E-state index contributed by atoms with van der Waals surface area (Å²) in [7, 11) is 0. The monoisotopic (exact) mass is 167 g/mol. The van der Waals surface area contributed by atoms with Gasteiger partial charge in [0.15, 0.2) is 0 Å². The summed E-state index contributed by atoms with van der Waals surface area (Å²) >= 11 is 0. The molecule has 0 spiro atoms. The summed E-state index contributed by atoms with van der Waals surface area (Å²) in [4.78, 5) is 2.62. The van der Waals surface area contributed by atoms with Crippen molar-refractivity contribution >= 4 is 0 Å². The summed E-state index contributed by atoms with van der Waals surface area (Å²) < 4.78 is 0. The Kier molecular flexibility index (Phi) is 4.86. The van der Waals surface area contributed by atoms with Crippen LogP contribution < -0.4 is 5.32 Å². The molecule has 0 aromatic heterocycles. The maximum absolute atomic E-state index is 8.60. The molecule has 5 nitrogen and oxygen atoms in total. The van der Waals surface area contributed by atoms with E-state index in [9.17, 15) is 0 Å². The Hall–Kier alpha value is -1.24. The second-order valence-corrected chi connectivity index (χ2v) is 2.97. The van der Waals surface area contributed by atoms with E-state index in [-0.39, 0.29) is 0 Å². The fourth-order valence-corrected chi connectivity index (χ4v) is 0.635. The molecule has 0 rings (SSSR count). The minimum absolute atomic E-state index is 0.477. The molecule has 0 aliphatic carbocycles. The number of rotatable bonds is 5. The number of nitriles is 1. The molecule has 0 heterocycles. The van der Waals surface area contributed by atoms with Crippen molar-refractivity contribution in [2.75, 3.05) is 13.1 Å². The summed E-state index contributed by atoms with van der Waals surface area (Å²) in [6.45, 7) is 4.78. The van der Waals surface area contributed by atoms with Crippen molar-refractivity contribution in [3.8, 4) is 6.07 Å². The van der Waals surface area contributed by atoms with Gasteiger partial charge in [-0.2, -0.15) is 5.26 Å². The normalized spacial score (nSPS) is 10.1. The molecular formula is C7H13N5. The fraction of sp³-hybridized carbons (Fsp3) is 0.857. The standard InChI is InChI=1S/C7H13N5/c1-7(2,6-8)10-4-3-5-11-12-9/h10H,3-5H2,1-2H3. The van der Waals surface area contributed by atoms with Gasteiger partial charge in [0, 0.05) is 11.5 Å². The highest BCUT2D eigenvalue weighted by Crippen LogP contribution is 1.98. The molecule has 0 bridgehead atoms. The van der Waals surface area contributed by atoms with E-state index < -0.39 is 5.54 Å². The highest BCUT2D eigenvalue weighted by atomic mass is 15.1. The molecule has 66 valence electrons. The molecular weight excluding hydrogens is 154 g/mol. The number of azide groups is 1. The van der Waals surface area contributed by atoms with Gasteiger partial charge in [-0.3, -0.25) is 5.32 Å². The van der Waals surface area contributed by atoms with E-state index in [0.29, 0.717) is 13.1 Å². The zero-order chi connectivity index (χ0) is 9.45. The molecule has 1 N–H and O–H groups in total. The third-order valence-electron chi connectivity index (χ3n) is 1.34. The van der Waals surface area contributed by atoms with Gasteiger partial charge in [-0.15, -0.1) is 0 Å². The lowest BCUT2D eigenvalue weighted by molar-refractivity contribution is 0.481. The van der Waals surface area contributed by atoms with Crippen LogP contribution in [0.1, 0.15) is 20.3 Å². The summed E-state index contributed by atoms with van der Waals surface area (Å²) in [6.07, 6.45) is 0.759. The van der Waals surface area contributed by atoms with Crippen LogP contribution in [0.2, 0.25) is 0 Å². The molecule has 0 aromatic rings. The average Bonchev–Trinajstić information content (AvgIpc) is 2.04. The Labute approximate surface area is 72.0 Å². The Morgan fingerprint density at radius 1 is 1.67 bits per heavy atom. The van der Waals surface area contributed by atoms with Crippen LogP contribution in [0, 0.1) is 11.3 Å². The average molecular weight is 167 g/mol. The van der Waals surface area contributed by atoms with Crippen LogP contribution in [0.3, 0.4) is 0 Å². The van der Waals surface area contributed by atoms with Crippen molar-refractivity contribution in [2.24, 2.45) is 5.11 Å². The summed E-state index contributed by atoms with van der Waals surface area (Å²) in [5.74, 6) is 0. The smallest absolute Gasteiger partial charge is 0.101 e. The molecule has 0 aliphatic rings. The van der Waals surface area contributed by atoms with Crippen LogP contribution in [-0.4, -0.2) is 18.6 Å². The number of nitrogens with zero attached hydrogens (tertiary/aromatic N) is 4. The van der Waals surface area contributed by atoms with E-state index in [1.54, 1.807) is 13.8 Å². The van der Waals surface area contributed by atoms with Gasteiger partial charge in [-0.1, -0.05) is 5.11 Å². The summed E-state index contributed by atoms with van der Waals surface area (Å²) in [5.41, 5.74) is 7.47. The molecule has 0 unspecified atom stereocenters. The van der Waals surface area contributed by atoms with Gasteiger partial charge in [0.2, 0.25) is 0 Å². The molecule has 0 atom stereocenters. The van der Waals surface area contributed by atoms with Crippen molar-refractivity contribution in [3.63, 3.8) is 0 Å². The molecule has 0 saturated heterocycles. The van der Waals surface area contributed by atoms with Gasteiger partial charge in [-0.25, -0.2) is 0 Å². The molecule has 0 radical (unpaired) electrons. The maximum atomic E-state index is 8.60. The minimum Gasteiger partial charge on any atom is -0.300 e. The highest BCUT2D eigenvalue weighted by Gasteiger charge is 2.13. The maximum Gasteiger partial charge on any atom is 0.101 e. The first-order valence-electron chi connectivity index (χ1n) is 3.79. The van der Waals surface area contributed by atoms with Gasteiger partial charge in [0.25, 0.3) is 0 Å².